The van der Waals surface area contributed by atoms with Crippen molar-refractivity contribution in [3.63, 3.8) is 0 Å². The van der Waals surface area contributed by atoms with Crippen LogP contribution in [0.4, 0.5) is 0 Å². The molecule has 6 heteroatoms. The highest BCUT2D eigenvalue weighted by molar-refractivity contribution is 5.56. The first-order valence-corrected chi connectivity index (χ1v) is 5.74. The summed E-state index contributed by atoms with van der Waals surface area (Å²) >= 11 is 0. The molecule has 0 unspecified atom stereocenters. The molecule has 1 aromatic rings. The zero-order chi connectivity index (χ0) is 14.7. The van der Waals surface area contributed by atoms with E-state index in [-0.39, 0.29) is 22.9 Å². The van der Waals surface area contributed by atoms with Gasteiger partial charge in [-0.2, -0.15) is 10.5 Å². The van der Waals surface area contributed by atoms with E-state index in [1.807, 2.05) is 12.1 Å². The standard InChI is InChI=1S/C14H12N4O2/c1-19-11-5-3-2-4-8(11)12-9(6-15)13(17)20-14(18)10(12)7-16/h2-5,12H,17-18H2,1H3. The van der Waals surface area contributed by atoms with Crippen LogP contribution in [0.2, 0.25) is 0 Å². The molecule has 0 spiro atoms. The second-order valence-electron chi connectivity index (χ2n) is 4.06. The molecule has 0 atom stereocenters. The summed E-state index contributed by atoms with van der Waals surface area (Å²) in [6.07, 6.45) is 0. The summed E-state index contributed by atoms with van der Waals surface area (Å²) in [5.41, 5.74) is 12.3. The monoisotopic (exact) mass is 268 g/mol. The summed E-state index contributed by atoms with van der Waals surface area (Å²) < 4.78 is 10.3. The third kappa shape index (κ3) is 2.00. The maximum Gasteiger partial charge on any atom is 0.207 e. The van der Waals surface area contributed by atoms with E-state index in [4.69, 9.17) is 20.9 Å². The first-order valence-electron chi connectivity index (χ1n) is 5.74. The van der Waals surface area contributed by atoms with Crippen molar-refractivity contribution in [2.45, 2.75) is 5.92 Å². The fraction of sp³-hybridized carbons (Fsp3) is 0.143. The molecule has 1 aliphatic heterocycles. The van der Waals surface area contributed by atoms with Crippen LogP contribution >= 0.6 is 0 Å². The van der Waals surface area contributed by atoms with Gasteiger partial charge in [0.05, 0.1) is 13.0 Å². The van der Waals surface area contributed by atoms with Gasteiger partial charge in [-0.1, -0.05) is 18.2 Å². The van der Waals surface area contributed by atoms with E-state index >= 15 is 0 Å². The number of nitrogens with two attached hydrogens (primary N) is 2. The molecular weight excluding hydrogens is 256 g/mol. The number of hydrogen-bond acceptors (Lipinski definition) is 6. The molecule has 0 saturated heterocycles. The Morgan fingerprint density at radius 2 is 1.65 bits per heavy atom. The van der Waals surface area contributed by atoms with E-state index in [9.17, 15) is 10.5 Å². The van der Waals surface area contributed by atoms with Crippen LogP contribution in [0.1, 0.15) is 11.5 Å². The number of nitriles is 2. The third-order valence-corrected chi connectivity index (χ3v) is 3.02. The van der Waals surface area contributed by atoms with Crippen LogP contribution in [0, 0.1) is 22.7 Å². The van der Waals surface area contributed by atoms with Crippen LogP contribution in [0.15, 0.2) is 47.2 Å². The lowest BCUT2D eigenvalue weighted by atomic mass is 9.84. The van der Waals surface area contributed by atoms with Crippen LogP contribution in [0.3, 0.4) is 0 Å². The molecular formula is C14H12N4O2. The van der Waals surface area contributed by atoms with Gasteiger partial charge in [-0.05, 0) is 6.07 Å². The minimum Gasteiger partial charge on any atom is -0.496 e. The molecule has 0 aliphatic carbocycles. The number of nitrogens with zero attached hydrogens (tertiary/aromatic N) is 2. The molecule has 0 bridgehead atoms. The van der Waals surface area contributed by atoms with E-state index < -0.39 is 5.92 Å². The first-order chi connectivity index (χ1) is 9.63. The summed E-state index contributed by atoms with van der Waals surface area (Å²) in [6, 6.07) is 11.0. The Morgan fingerprint density at radius 3 is 2.15 bits per heavy atom. The van der Waals surface area contributed by atoms with E-state index in [1.165, 1.54) is 7.11 Å². The van der Waals surface area contributed by atoms with Gasteiger partial charge < -0.3 is 20.9 Å². The SMILES string of the molecule is COc1ccccc1C1C(C#N)=C(N)OC(N)=C1C#N. The molecule has 0 saturated carbocycles. The van der Waals surface area contributed by atoms with Crippen molar-refractivity contribution >= 4 is 0 Å². The average molecular weight is 268 g/mol. The summed E-state index contributed by atoms with van der Waals surface area (Å²) in [4.78, 5) is 0. The van der Waals surface area contributed by atoms with Crippen LogP contribution < -0.4 is 16.2 Å². The molecule has 100 valence electrons. The quantitative estimate of drug-likeness (QED) is 0.831. The molecule has 0 aromatic heterocycles. The number of hydrogen-bond donors (Lipinski definition) is 2. The Hall–Kier alpha value is -3.12. The maximum absolute atomic E-state index is 9.27. The Kier molecular flexibility index (Phi) is 3.49. The molecule has 0 fully saturated rings. The lowest BCUT2D eigenvalue weighted by molar-refractivity contribution is 0.276. The van der Waals surface area contributed by atoms with Crippen molar-refractivity contribution in [3.8, 4) is 17.9 Å². The van der Waals surface area contributed by atoms with E-state index in [2.05, 4.69) is 0 Å². The zero-order valence-corrected chi connectivity index (χ0v) is 10.8. The number of methoxy groups -OCH3 is 1. The minimum absolute atomic E-state index is 0.0973. The lowest BCUT2D eigenvalue weighted by Crippen LogP contribution is -2.24. The van der Waals surface area contributed by atoms with Crippen LogP contribution in [-0.2, 0) is 4.74 Å². The third-order valence-electron chi connectivity index (χ3n) is 3.02. The van der Waals surface area contributed by atoms with Crippen molar-refractivity contribution in [3.05, 3.63) is 52.7 Å². The van der Waals surface area contributed by atoms with Gasteiger partial charge >= 0.3 is 0 Å². The minimum atomic E-state index is -0.685. The highest BCUT2D eigenvalue weighted by atomic mass is 16.5. The van der Waals surface area contributed by atoms with Crippen LogP contribution in [0.25, 0.3) is 0 Å². The number of ether oxygens (including phenoxy) is 2. The van der Waals surface area contributed by atoms with Crippen molar-refractivity contribution < 1.29 is 9.47 Å². The summed E-state index contributed by atoms with van der Waals surface area (Å²) in [7, 11) is 1.51. The number of benzene rings is 1. The molecule has 4 N–H and O–H groups in total. The Balaban J connectivity index is 2.69. The molecule has 0 radical (unpaired) electrons. The Morgan fingerprint density at radius 1 is 1.10 bits per heavy atom. The van der Waals surface area contributed by atoms with Gasteiger partial charge in [-0.3, -0.25) is 0 Å². The normalized spacial score (nSPS) is 15.3. The van der Waals surface area contributed by atoms with E-state index in [0.717, 1.165) is 0 Å². The van der Waals surface area contributed by atoms with Gasteiger partial charge in [0, 0.05) is 5.56 Å². The molecule has 2 rings (SSSR count). The smallest absolute Gasteiger partial charge is 0.207 e. The van der Waals surface area contributed by atoms with Crippen LogP contribution in [0.5, 0.6) is 5.75 Å². The second kappa shape index (κ2) is 5.25. The Labute approximate surface area is 116 Å². The predicted octanol–water partition coefficient (Wildman–Crippen LogP) is 1.20. The predicted molar refractivity (Wildman–Crippen MR) is 70.5 cm³/mol. The maximum atomic E-state index is 9.27. The Bertz CT molecular complexity index is 656. The van der Waals surface area contributed by atoms with Gasteiger partial charge in [0.25, 0.3) is 0 Å². The van der Waals surface area contributed by atoms with Crippen molar-refractivity contribution in [2.75, 3.05) is 7.11 Å². The topological polar surface area (TPSA) is 118 Å². The summed E-state index contributed by atoms with van der Waals surface area (Å²) in [5.74, 6) is -0.338. The largest absolute Gasteiger partial charge is 0.496 e. The summed E-state index contributed by atoms with van der Waals surface area (Å²) in [6.45, 7) is 0. The van der Waals surface area contributed by atoms with Gasteiger partial charge in [0.2, 0.25) is 11.8 Å². The number of para-hydroxylation sites is 1. The van der Waals surface area contributed by atoms with Crippen molar-refractivity contribution in [2.24, 2.45) is 11.5 Å². The number of rotatable bonds is 2. The highest BCUT2D eigenvalue weighted by Gasteiger charge is 2.33. The first kappa shape index (κ1) is 13.3. The fourth-order valence-corrected chi connectivity index (χ4v) is 2.11. The molecule has 1 aliphatic rings. The lowest BCUT2D eigenvalue weighted by Gasteiger charge is -2.24. The van der Waals surface area contributed by atoms with E-state index in [1.54, 1.807) is 24.3 Å². The number of allylic oxidation sites excluding steroid dienone is 2. The molecule has 1 aromatic carbocycles. The van der Waals surface area contributed by atoms with E-state index in [0.29, 0.717) is 11.3 Å². The molecule has 6 nitrogen and oxygen atoms in total. The highest BCUT2D eigenvalue weighted by Crippen LogP contribution is 2.40. The molecule has 1 heterocycles. The van der Waals surface area contributed by atoms with Gasteiger partial charge in [0.15, 0.2) is 0 Å². The molecule has 0 amide bonds. The van der Waals surface area contributed by atoms with Gasteiger partial charge in [-0.25, -0.2) is 0 Å². The van der Waals surface area contributed by atoms with Crippen molar-refractivity contribution in [1.29, 1.82) is 10.5 Å². The van der Waals surface area contributed by atoms with Gasteiger partial charge in [-0.15, -0.1) is 0 Å². The second-order valence-corrected chi connectivity index (χ2v) is 4.06. The fourth-order valence-electron chi connectivity index (χ4n) is 2.11. The summed E-state index contributed by atoms with van der Waals surface area (Å²) in [5, 5.41) is 18.5. The average Bonchev–Trinajstić information content (AvgIpc) is 2.46. The zero-order valence-electron chi connectivity index (χ0n) is 10.8. The van der Waals surface area contributed by atoms with Crippen molar-refractivity contribution in [1.82, 2.24) is 0 Å². The van der Waals surface area contributed by atoms with Gasteiger partial charge in [0.1, 0.15) is 29.0 Å². The van der Waals surface area contributed by atoms with Crippen LogP contribution in [-0.4, -0.2) is 7.11 Å². The molecule has 20 heavy (non-hydrogen) atoms.